The standard InChI is InChI=1S/C15H26N2O2S/c1-12-7-8-14(15(2,3)4)11-13(12)9-10-16-20(18,19)17(5)6/h7-8,11,16H,9-10H2,1-6H3. The molecule has 1 N–H and O–H groups in total. The first-order chi connectivity index (χ1) is 9.04. The summed E-state index contributed by atoms with van der Waals surface area (Å²) in [4.78, 5) is 0. The smallest absolute Gasteiger partial charge is 0.202 e. The van der Waals surface area contributed by atoms with Crippen LogP contribution in [0.1, 0.15) is 37.5 Å². The monoisotopic (exact) mass is 298 g/mol. The van der Waals surface area contributed by atoms with E-state index in [-0.39, 0.29) is 5.41 Å². The molecule has 0 heterocycles. The number of aryl methyl sites for hydroxylation is 1. The van der Waals surface area contributed by atoms with Gasteiger partial charge in [0.25, 0.3) is 10.2 Å². The highest BCUT2D eigenvalue weighted by molar-refractivity contribution is 7.87. The van der Waals surface area contributed by atoms with Crippen LogP contribution in [-0.4, -0.2) is 33.4 Å². The van der Waals surface area contributed by atoms with Gasteiger partial charge in [-0.05, 0) is 35.4 Å². The maximum atomic E-state index is 11.6. The second-order valence-electron chi connectivity index (χ2n) is 6.32. The Kier molecular flexibility index (Phi) is 5.35. The van der Waals surface area contributed by atoms with Crippen LogP contribution in [0.5, 0.6) is 0 Å². The predicted octanol–water partition coefficient (Wildman–Crippen LogP) is 2.23. The summed E-state index contributed by atoms with van der Waals surface area (Å²) < 4.78 is 27.1. The normalized spacial score (nSPS) is 12.9. The Morgan fingerprint density at radius 1 is 1.20 bits per heavy atom. The highest BCUT2D eigenvalue weighted by Crippen LogP contribution is 2.24. The van der Waals surface area contributed by atoms with Gasteiger partial charge < -0.3 is 0 Å². The molecule has 0 radical (unpaired) electrons. The lowest BCUT2D eigenvalue weighted by Gasteiger charge is -2.21. The lowest BCUT2D eigenvalue weighted by atomic mass is 9.85. The van der Waals surface area contributed by atoms with Crippen molar-refractivity contribution in [1.29, 1.82) is 0 Å². The second-order valence-corrected chi connectivity index (χ2v) is 8.29. The van der Waals surface area contributed by atoms with Gasteiger partial charge in [0.1, 0.15) is 0 Å². The van der Waals surface area contributed by atoms with Crippen LogP contribution in [-0.2, 0) is 22.0 Å². The van der Waals surface area contributed by atoms with Crippen molar-refractivity contribution in [2.45, 2.75) is 39.5 Å². The van der Waals surface area contributed by atoms with E-state index in [4.69, 9.17) is 0 Å². The number of benzene rings is 1. The van der Waals surface area contributed by atoms with Crippen molar-refractivity contribution in [3.63, 3.8) is 0 Å². The van der Waals surface area contributed by atoms with E-state index in [1.54, 1.807) is 0 Å². The Balaban J connectivity index is 2.79. The van der Waals surface area contributed by atoms with Crippen LogP contribution in [0.2, 0.25) is 0 Å². The van der Waals surface area contributed by atoms with Crippen molar-refractivity contribution in [3.8, 4) is 0 Å². The van der Waals surface area contributed by atoms with E-state index in [0.717, 1.165) is 0 Å². The molecule has 0 spiro atoms. The van der Waals surface area contributed by atoms with Gasteiger partial charge in [-0.25, -0.2) is 4.72 Å². The summed E-state index contributed by atoms with van der Waals surface area (Å²) in [6, 6.07) is 6.43. The van der Waals surface area contributed by atoms with Crippen molar-refractivity contribution in [2.75, 3.05) is 20.6 Å². The number of nitrogens with one attached hydrogen (secondary N) is 1. The molecule has 5 heteroatoms. The Hall–Kier alpha value is -0.910. The third-order valence-electron chi connectivity index (χ3n) is 3.37. The fourth-order valence-corrected chi connectivity index (χ4v) is 2.47. The van der Waals surface area contributed by atoms with Gasteiger partial charge >= 0.3 is 0 Å². The summed E-state index contributed by atoms with van der Waals surface area (Å²) in [5.41, 5.74) is 3.76. The van der Waals surface area contributed by atoms with Gasteiger partial charge in [-0.2, -0.15) is 12.7 Å². The number of rotatable bonds is 5. The molecule has 0 aliphatic carbocycles. The molecule has 0 amide bonds. The zero-order valence-electron chi connectivity index (χ0n) is 13.3. The topological polar surface area (TPSA) is 49.4 Å². The molecular formula is C15H26N2O2S. The molecule has 114 valence electrons. The van der Waals surface area contributed by atoms with Gasteiger partial charge in [0.2, 0.25) is 0 Å². The highest BCUT2D eigenvalue weighted by atomic mass is 32.2. The van der Waals surface area contributed by atoms with Gasteiger partial charge in [0, 0.05) is 20.6 Å². The molecule has 20 heavy (non-hydrogen) atoms. The Bertz CT molecular complexity index is 558. The van der Waals surface area contributed by atoms with Crippen LogP contribution in [0.3, 0.4) is 0 Å². The quantitative estimate of drug-likeness (QED) is 0.906. The predicted molar refractivity (Wildman–Crippen MR) is 84.2 cm³/mol. The first-order valence-corrected chi connectivity index (χ1v) is 8.25. The summed E-state index contributed by atoms with van der Waals surface area (Å²) in [5.74, 6) is 0. The van der Waals surface area contributed by atoms with Crippen LogP contribution in [0.4, 0.5) is 0 Å². The highest BCUT2D eigenvalue weighted by Gasteiger charge is 2.15. The Labute approximate surface area is 123 Å². The zero-order valence-corrected chi connectivity index (χ0v) is 14.1. The molecule has 1 aromatic carbocycles. The van der Waals surface area contributed by atoms with E-state index in [9.17, 15) is 8.42 Å². The summed E-state index contributed by atoms with van der Waals surface area (Å²) in [5, 5.41) is 0. The molecule has 1 rings (SSSR count). The number of nitrogens with zero attached hydrogens (tertiary/aromatic N) is 1. The summed E-state index contributed by atoms with van der Waals surface area (Å²) in [6.45, 7) is 9.00. The lowest BCUT2D eigenvalue weighted by molar-refractivity contribution is 0.506. The number of hydrogen-bond donors (Lipinski definition) is 1. The molecule has 0 saturated heterocycles. The van der Waals surface area contributed by atoms with Gasteiger partial charge in [0.15, 0.2) is 0 Å². The first-order valence-electron chi connectivity index (χ1n) is 6.81. The van der Waals surface area contributed by atoms with Gasteiger partial charge in [-0.3, -0.25) is 0 Å². The van der Waals surface area contributed by atoms with Crippen molar-refractivity contribution >= 4 is 10.2 Å². The summed E-state index contributed by atoms with van der Waals surface area (Å²) in [7, 11) is -0.293. The molecule has 0 aromatic heterocycles. The third kappa shape index (κ3) is 4.58. The Morgan fingerprint density at radius 3 is 2.30 bits per heavy atom. The maximum Gasteiger partial charge on any atom is 0.278 e. The first kappa shape index (κ1) is 17.1. The average molecular weight is 298 g/mol. The van der Waals surface area contributed by atoms with Crippen LogP contribution in [0.15, 0.2) is 18.2 Å². The Morgan fingerprint density at radius 2 is 1.80 bits per heavy atom. The van der Waals surface area contributed by atoms with E-state index in [1.807, 2.05) is 0 Å². The van der Waals surface area contributed by atoms with Crippen molar-refractivity contribution < 1.29 is 8.42 Å². The molecule has 0 bridgehead atoms. The summed E-state index contributed by atoms with van der Waals surface area (Å²) >= 11 is 0. The zero-order chi connectivity index (χ0) is 15.6. The van der Waals surface area contributed by atoms with Gasteiger partial charge in [-0.15, -0.1) is 0 Å². The van der Waals surface area contributed by atoms with Gasteiger partial charge in [-0.1, -0.05) is 39.0 Å². The largest absolute Gasteiger partial charge is 0.278 e. The molecule has 0 unspecified atom stereocenters. The minimum absolute atomic E-state index is 0.103. The van der Waals surface area contributed by atoms with Crippen molar-refractivity contribution in [2.24, 2.45) is 0 Å². The minimum Gasteiger partial charge on any atom is -0.202 e. The maximum absolute atomic E-state index is 11.6. The molecule has 0 aliphatic rings. The van der Waals surface area contributed by atoms with Crippen LogP contribution >= 0.6 is 0 Å². The van der Waals surface area contributed by atoms with E-state index in [0.29, 0.717) is 13.0 Å². The average Bonchev–Trinajstić information content (AvgIpc) is 2.29. The second kappa shape index (κ2) is 6.24. The lowest BCUT2D eigenvalue weighted by Crippen LogP contribution is -2.36. The van der Waals surface area contributed by atoms with E-state index in [2.05, 4.69) is 50.6 Å². The van der Waals surface area contributed by atoms with Crippen LogP contribution in [0.25, 0.3) is 0 Å². The SMILES string of the molecule is Cc1ccc(C(C)(C)C)cc1CCNS(=O)(=O)N(C)C. The molecule has 0 saturated carbocycles. The molecule has 0 fully saturated rings. The van der Waals surface area contributed by atoms with Crippen molar-refractivity contribution in [3.05, 3.63) is 34.9 Å². The fraction of sp³-hybridized carbons (Fsp3) is 0.600. The van der Waals surface area contributed by atoms with Crippen LogP contribution in [0, 0.1) is 6.92 Å². The van der Waals surface area contributed by atoms with E-state index in [1.165, 1.54) is 35.1 Å². The number of hydrogen-bond acceptors (Lipinski definition) is 2. The molecule has 0 atom stereocenters. The fourth-order valence-electron chi connectivity index (χ4n) is 1.85. The molecular weight excluding hydrogens is 272 g/mol. The minimum atomic E-state index is -3.34. The molecule has 0 aliphatic heterocycles. The third-order valence-corrected chi connectivity index (χ3v) is 4.91. The van der Waals surface area contributed by atoms with E-state index >= 15 is 0 Å². The van der Waals surface area contributed by atoms with Crippen molar-refractivity contribution in [1.82, 2.24) is 9.03 Å². The van der Waals surface area contributed by atoms with E-state index < -0.39 is 10.2 Å². The molecule has 4 nitrogen and oxygen atoms in total. The summed E-state index contributed by atoms with van der Waals surface area (Å²) in [6.07, 6.45) is 0.697. The molecule has 1 aromatic rings. The van der Waals surface area contributed by atoms with Gasteiger partial charge in [0.05, 0.1) is 0 Å². The van der Waals surface area contributed by atoms with Crippen LogP contribution < -0.4 is 4.72 Å².